The van der Waals surface area contributed by atoms with E-state index in [1.165, 1.54) is 25.7 Å². The number of fused-ring (bicyclic) bond motifs is 2. The summed E-state index contributed by atoms with van der Waals surface area (Å²) in [6.07, 6.45) is 7.41. The molecule has 3 atom stereocenters. The largest absolute Gasteiger partial charge is 0.378 e. The molecular formula is C21H35IN4O3. The highest BCUT2D eigenvalue weighted by Crippen LogP contribution is 2.62. The van der Waals surface area contributed by atoms with E-state index >= 15 is 0 Å². The molecule has 0 aromatic rings. The van der Waals surface area contributed by atoms with E-state index < -0.39 is 0 Å². The summed E-state index contributed by atoms with van der Waals surface area (Å²) in [4.78, 5) is 21.7. The number of morpholine rings is 1. The lowest BCUT2D eigenvalue weighted by atomic mass is 9.46. The lowest BCUT2D eigenvalue weighted by Crippen LogP contribution is -2.72. The molecule has 1 N–H and O–H groups in total. The van der Waals surface area contributed by atoms with E-state index in [0.29, 0.717) is 42.6 Å². The first-order valence-corrected chi connectivity index (χ1v) is 11.2. The van der Waals surface area contributed by atoms with Gasteiger partial charge in [-0.3, -0.25) is 9.79 Å². The second-order valence-corrected chi connectivity index (χ2v) is 9.20. The Morgan fingerprint density at radius 1 is 1.03 bits per heavy atom. The molecule has 2 saturated carbocycles. The monoisotopic (exact) mass is 518 g/mol. The zero-order valence-electron chi connectivity index (χ0n) is 17.5. The van der Waals surface area contributed by atoms with Crippen LogP contribution in [0.15, 0.2) is 4.99 Å². The van der Waals surface area contributed by atoms with E-state index in [1.54, 1.807) is 0 Å². The molecule has 1 spiro atoms. The first kappa shape index (κ1) is 21.6. The van der Waals surface area contributed by atoms with Gasteiger partial charge in [-0.05, 0) is 32.1 Å². The molecule has 8 heteroatoms. The fraction of sp³-hybridized carbons (Fsp3) is 0.905. The first-order chi connectivity index (χ1) is 13.7. The number of ether oxygens (including phenoxy) is 2. The van der Waals surface area contributed by atoms with Crippen LogP contribution in [-0.2, 0) is 14.3 Å². The molecule has 2 aliphatic carbocycles. The van der Waals surface area contributed by atoms with Crippen LogP contribution in [-0.4, -0.2) is 86.9 Å². The van der Waals surface area contributed by atoms with Crippen molar-refractivity contribution in [1.29, 1.82) is 0 Å². The molecule has 0 bridgehead atoms. The third-order valence-corrected chi connectivity index (χ3v) is 8.00. The van der Waals surface area contributed by atoms with Gasteiger partial charge in [0.2, 0.25) is 5.91 Å². The summed E-state index contributed by atoms with van der Waals surface area (Å²) in [7, 11) is 1.89. The zero-order chi connectivity index (χ0) is 19.1. The van der Waals surface area contributed by atoms with Crippen molar-refractivity contribution in [3.05, 3.63) is 0 Å². The fourth-order valence-electron chi connectivity index (χ4n) is 6.27. The molecule has 5 aliphatic rings. The highest BCUT2D eigenvalue weighted by atomic mass is 127. The normalized spacial score (nSPS) is 34.1. The van der Waals surface area contributed by atoms with Gasteiger partial charge in [-0.15, -0.1) is 24.0 Å². The number of aliphatic imine (C=N–C) groups is 1. The van der Waals surface area contributed by atoms with Gasteiger partial charge in [-0.2, -0.15) is 0 Å². The smallest absolute Gasteiger partial charge is 0.225 e. The average molecular weight is 518 g/mol. The third kappa shape index (κ3) is 3.67. The van der Waals surface area contributed by atoms with Gasteiger partial charge in [-0.1, -0.05) is 6.42 Å². The molecule has 7 nitrogen and oxygen atoms in total. The Labute approximate surface area is 191 Å². The number of guanidine groups is 1. The second-order valence-electron chi connectivity index (χ2n) is 9.20. The number of nitrogens with one attached hydrogen (secondary N) is 1. The number of hydrogen-bond acceptors (Lipinski definition) is 4. The van der Waals surface area contributed by atoms with Gasteiger partial charge in [0.1, 0.15) is 0 Å². The summed E-state index contributed by atoms with van der Waals surface area (Å²) < 4.78 is 11.4. The molecule has 0 radical (unpaired) electrons. The number of carbonyl (C=O) groups excluding carboxylic acids is 1. The summed E-state index contributed by atoms with van der Waals surface area (Å²) in [6, 6.07) is 0.514. The van der Waals surface area contributed by atoms with Gasteiger partial charge in [0.15, 0.2) is 5.96 Å². The highest BCUT2D eigenvalue weighted by Gasteiger charge is 2.66. The van der Waals surface area contributed by atoms with E-state index in [4.69, 9.17) is 9.47 Å². The molecule has 164 valence electrons. The number of rotatable bonds is 2. The fourth-order valence-corrected chi connectivity index (χ4v) is 6.27. The van der Waals surface area contributed by atoms with Crippen molar-refractivity contribution in [2.75, 3.05) is 53.0 Å². The number of halogens is 1. The van der Waals surface area contributed by atoms with Crippen molar-refractivity contribution >= 4 is 35.8 Å². The molecule has 3 unspecified atom stereocenters. The van der Waals surface area contributed by atoms with Crippen molar-refractivity contribution in [1.82, 2.24) is 15.1 Å². The molecule has 3 saturated heterocycles. The Morgan fingerprint density at radius 2 is 1.76 bits per heavy atom. The number of nitrogens with zero attached hydrogens (tertiary/aromatic N) is 3. The van der Waals surface area contributed by atoms with Gasteiger partial charge in [0, 0.05) is 63.1 Å². The summed E-state index contributed by atoms with van der Waals surface area (Å²) >= 11 is 0. The highest BCUT2D eigenvalue weighted by molar-refractivity contribution is 14.0. The Bertz CT molecular complexity index is 627. The summed E-state index contributed by atoms with van der Waals surface area (Å²) in [5, 5.41) is 3.83. The number of carbonyl (C=O) groups is 1. The van der Waals surface area contributed by atoms with Gasteiger partial charge in [0.05, 0.1) is 19.3 Å². The molecule has 3 aliphatic heterocycles. The van der Waals surface area contributed by atoms with Crippen LogP contribution in [0.4, 0.5) is 0 Å². The maximum Gasteiger partial charge on any atom is 0.225 e. The Hall–Kier alpha value is -0.610. The van der Waals surface area contributed by atoms with Gasteiger partial charge in [-0.25, -0.2) is 0 Å². The lowest BCUT2D eigenvalue weighted by molar-refractivity contribution is -0.171. The van der Waals surface area contributed by atoms with Crippen LogP contribution in [0.2, 0.25) is 0 Å². The minimum Gasteiger partial charge on any atom is -0.378 e. The SMILES string of the molecule is CN=C(NC1C2CCOC2C12CCC2)N1CCC(C(=O)N2CCOCC2)CC1.I. The van der Waals surface area contributed by atoms with Crippen molar-refractivity contribution < 1.29 is 14.3 Å². The van der Waals surface area contributed by atoms with E-state index in [9.17, 15) is 4.79 Å². The first-order valence-electron chi connectivity index (χ1n) is 11.2. The van der Waals surface area contributed by atoms with Crippen LogP contribution in [0, 0.1) is 17.3 Å². The number of likely N-dealkylation sites (tertiary alicyclic amines) is 1. The minimum absolute atomic E-state index is 0. The predicted octanol–water partition coefficient (Wildman–Crippen LogP) is 1.71. The Balaban J connectivity index is 0.00000205. The molecule has 0 aromatic heterocycles. The molecular weight excluding hydrogens is 483 g/mol. The van der Waals surface area contributed by atoms with Crippen molar-refractivity contribution in [3.63, 3.8) is 0 Å². The maximum atomic E-state index is 12.8. The lowest BCUT2D eigenvalue weighted by Gasteiger charge is -2.63. The number of hydrogen-bond donors (Lipinski definition) is 1. The van der Waals surface area contributed by atoms with Gasteiger partial charge in [0.25, 0.3) is 0 Å². The predicted molar refractivity (Wildman–Crippen MR) is 122 cm³/mol. The van der Waals surface area contributed by atoms with Gasteiger partial charge < -0.3 is 24.6 Å². The number of amides is 1. The minimum atomic E-state index is 0. The molecule has 5 rings (SSSR count). The number of piperidine rings is 1. The topological polar surface area (TPSA) is 66.4 Å². The van der Waals surface area contributed by atoms with Crippen molar-refractivity contribution in [2.24, 2.45) is 22.2 Å². The van der Waals surface area contributed by atoms with Crippen LogP contribution in [0.25, 0.3) is 0 Å². The maximum absolute atomic E-state index is 12.8. The standard InChI is InChI=1S/C21H34N4O3.HI/c1-22-20(23-17-16-5-12-28-18(16)21(17)6-2-7-21)25-8-3-15(4-9-25)19(26)24-10-13-27-14-11-24;/h15-18H,2-14H2,1H3,(H,22,23);1H. The molecule has 3 heterocycles. The van der Waals surface area contributed by atoms with E-state index in [-0.39, 0.29) is 29.9 Å². The van der Waals surface area contributed by atoms with E-state index in [0.717, 1.165) is 51.6 Å². The van der Waals surface area contributed by atoms with Crippen LogP contribution in [0.3, 0.4) is 0 Å². The molecule has 0 aromatic carbocycles. The van der Waals surface area contributed by atoms with Crippen molar-refractivity contribution in [3.8, 4) is 0 Å². The Morgan fingerprint density at radius 3 is 2.38 bits per heavy atom. The molecule has 5 fully saturated rings. The molecule has 29 heavy (non-hydrogen) atoms. The van der Waals surface area contributed by atoms with Crippen LogP contribution < -0.4 is 5.32 Å². The van der Waals surface area contributed by atoms with Crippen LogP contribution in [0.5, 0.6) is 0 Å². The third-order valence-electron chi connectivity index (χ3n) is 8.00. The van der Waals surface area contributed by atoms with Gasteiger partial charge >= 0.3 is 0 Å². The van der Waals surface area contributed by atoms with Crippen LogP contribution >= 0.6 is 24.0 Å². The Kier molecular flexibility index (Phi) is 6.61. The summed E-state index contributed by atoms with van der Waals surface area (Å²) in [5.41, 5.74) is 0.363. The molecule has 1 amide bonds. The van der Waals surface area contributed by atoms with Crippen molar-refractivity contribution in [2.45, 2.75) is 50.7 Å². The second kappa shape index (κ2) is 8.86. The average Bonchev–Trinajstić information content (AvgIpc) is 3.13. The quantitative estimate of drug-likeness (QED) is 0.343. The summed E-state index contributed by atoms with van der Waals surface area (Å²) in [6.45, 7) is 5.58. The summed E-state index contributed by atoms with van der Waals surface area (Å²) in [5.74, 6) is 2.15. The zero-order valence-corrected chi connectivity index (χ0v) is 19.8. The van der Waals surface area contributed by atoms with E-state index in [1.807, 2.05) is 11.9 Å². The van der Waals surface area contributed by atoms with Crippen LogP contribution in [0.1, 0.15) is 38.5 Å². The van der Waals surface area contributed by atoms with E-state index in [2.05, 4.69) is 15.2 Å².